The highest BCUT2D eigenvalue weighted by Gasteiger charge is 2.06. The molecule has 0 bridgehead atoms. The van der Waals surface area contributed by atoms with Crippen LogP contribution in [-0.2, 0) is 0 Å². The Morgan fingerprint density at radius 1 is 1.31 bits per heavy atom. The number of hydrogen-bond donors (Lipinski definition) is 2. The number of benzene rings is 1. The van der Waals surface area contributed by atoms with Gasteiger partial charge in [0.25, 0.3) is 5.56 Å². The van der Waals surface area contributed by atoms with E-state index in [9.17, 15) is 9.90 Å². The maximum absolute atomic E-state index is 11.6. The minimum Gasteiger partial charge on any atom is -0.504 e. The van der Waals surface area contributed by atoms with Crippen LogP contribution in [0, 0.1) is 0 Å². The second-order valence-electron chi connectivity index (χ2n) is 3.14. The SMILES string of the molecule is Nc1nn(-c2ccc(Br)cc2)c(=O)cc1O. The van der Waals surface area contributed by atoms with Crippen LogP contribution >= 0.6 is 15.9 Å². The van der Waals surface area contributed by atoms with Gasteiger partial charge in [0.2, 0.25) is 0 Å². The van der Waals surface area contributed by atoms with Crippen molar-refractivity contribution >= 4 is 21.7 Å². The minimum atomic E-state index is -0.436. The van der Waals surface area contributed by atoms with Crippen molar-refractivity contribution in [1.29, 1.82) is 0 Å². The van der Waals surface area contributed by atoms with Gasteiger partial charge in [-0.05, 0) is 24.3 Å². The van der Waals surface area contributed by atoms with Crippen LogP contribution in [0.4, 0.5) is 5.82 Å². The van der Waals surface area contributed by atoms with Crippen molar-refractivity contribution < 1.29 is 5.11 Å². The van der Waals surface area contributed by atoms with Gasteiger partial charge in [-0.25, -0.2) is 0 Å². The first-order valence-corrected chi connectivity index (χ1v) is 5.22. The van der Waals surface area contributed by atoms with Gasteiger partial charge in [0.1, 0.15) is 0 Å². The van der Waals surface area contributed by atoms with E-state index in [1.54, 1.807) is 24.3 Å². The fourth-order valence-corrected chi connectivity index (χ4v) is 1.49. The predicted molar refractivity (Wildman–Crippen MR) is 63.6 cm³/mol. The molecular formula is C10H8BrN3O2. The molecule has 0 amide bonds. The highest BCUT2D eigenvalue weighted by Crippen LogP contribution is 2.15. The second kappa shape index (κ2) is 3.97. The first-order chi connectivity index (χ1) is 7.58. The summed E-state index contributed by atoms with van der Waals surface area (Å²) < 4.78 is 2.03. The summed E-state index contributed by atoms with van der Waals surface area (Å²) in [6.07, 6.45) is 0. The lowest BCUT2D eigenvalue weighted by atomic mass is 10.3. The molecule has 1 heterocycles. The highest BCUT2D eigenvalue weighted by molar-refractivity contribution is 9.10. The fourth-order valence-electron chi connectivity index (χ4n) is 1.23. The average molecular weight is 282 g/mol. The number of halogens is 1. The first-order valence-electron chi connectivity index (χ1n) is 4.42. The van der Waals surface area contributed by atoms with E-state index >= 15 is 0 Å². The number of aromatic hydroxyl groups is 1. The maximum atomic E-state index is 11.6. The van der Waals surface area contributed by atoms with Crippen LogP contribution in [0.25, 0.3) is 5.69 Å². The number of rotatable bonds is 1. The normalized spacial score (nSPS) is 10.3. The van der Waals surface area contributed by atoms with Crippen LogP contribution in [0.15, 0.2) is 39.6 Å². The zero-order chi connectivity index (χ0) is 11.7. The zero-order valence-corrected chi connectivity index (χ0v) is 9.68. The third kappa shape index (κ3) is 1.92. The largest absolute Gasteiger partial charge is 0.504 e. The molecule has 0 atom stereocenters. The van der Waals surface area contributed by atoms with Crippen LogP contribution in [0.1, 0.15) is 0 Å². The smallest absolute Gasteiger partial charge is 0.275 e. The molecule has 2 aromatic rings. The molecule has 3 N–H and O–H groups in total. The Balaban J connectivity index is 2.60. The van der Waals surface area contributed by atoms with E-state index in [2.05, 4.69) is 21.0 Å². The Morgan fingerprint density at radius 3 is 2.56 bits per heavy atom. The molecule has 82 valence electrons. The summed E-state index contributed by atoms with van der Waals surface area (Å²) in [6, 6.07) is 8.04. The van der Waals surface area contributed by atoms with Gasteiger partial charge < -0.3 is 10.8 Å². The van der Waals surface area contributed by atoms with E-state index in [1.165, 1.54) is 0 Å². The molecule has 2 rings (SSSR count). The molecule has 0 radical (unpaired) electrons. The third-order valence-corrected chi connectivity index (χ3v) is 2.54. The van der Waals surface area contributed by atoms with Crippen LogP contribution in [0.5, 0.6) is 5.75 Å². The van der Waals surface area contributed by atoms with Gasteiger partial charge in [-0.15, -0.1) is 5.10 Å². The predicted octanol–water partition coefficient (Wildman–Crippen LogP) is 1.28. The van der Waals surface area contributed by atoms with Gasteiger partial charge in [0.15, 0.2) is 11.6 Å². The molecule has 0 spiro atoms. The van der Waals surface area contributed by atoms with E-state index in [-0.39, 0.29) is 11.6 Å². The number of anilines is 1. The molecule has 0 saturated heterocycles. The van der Waals surface area contributed by atoms with E-state index in [0.717, 1.165) is 15.2 Å². The Hall–Kier alpha value is -1.82. The van der Waals surface area contributed by atoms with E-state index in [4.69, 9.17) is 5.73 Å². The highest BCUT2D eigenvalue weighted by atomic mass is 79.9. The van der Waals surface area contributed by atoms with Gasteiger partial charge in [0, 0.05) is 4.47 Å². The zero-order valence-electron chi connectivity index (χ0n) is 8.09. The second-order valence-corrected chi connectivity index (χ2v) is 4.06. The van der Waals surface area contributed by atoms with Gasteiger partial charge in [0.05, 0.1) is 11.8 Å². The molecule has 16 heavy (non-hydrogen) atoms. The van der Waals surface area contributed by atoms with Crippen LogP contribution < -0.4 is 11.3 Å². The van der Waals surface area contributed by atoms with Gasteiger partial charge in [-0.1, -0.05) is 15.9 Å². The summed E-state index contributed by atoms with van der Waals surface area (Å²) in [6.45, 7) is 0. The number of aromatic nitrogens is 2. The molecule has 0 fully saturated rings. The lowest BCUT2D eigenvalue weighted by Gasteiger charge is -2.05. The van der Waals surface area contributed by atoms with Gasteiger partial charge in [-0.3, -0.25) is 4.79 Å². The monoisotopic (exact) mass is 281 g/mol. The van der Waals surface area contributed by atoms with Gasteiger partial charge >= 0.3 is 0 Å². The molecule has 6 heteroatoms. The first kappa shape index (κ1) is 10.7. The summed E-state index contributed by atoms with van der Waals surface area (Å²) in [4.78, 5) is 11.6. The topological polar surface area (TPSA) is 81.1 Å². The summed E-state index contributed by atoms with van der Waals surface area (Å²) in [5, 5.41) is 13.0. The Labute approximate surface area is 99.3 Å². The van der Waals surface area contributed by atoms with Crippen LogP contribution in [0.2, 0.25) is 0 Å². The van der Waals surface area contributed by atoms with E-state index in [0.29, 0.717) is 5.69 Å². The molecule has 1 aromatic heterocycles. The van der Waals surface area contributed by atoms with Crippen LogP contribution in [0.3, 0.4) is 0 Å². The molecule has 1 aromatic carbocycles. The number of nitrogens with two attached hydrogens (primary N) is 1. The molecule has 0 aliphatic heterocycles. The maximum Gasteiger partial charge on any atom is 0.275 e. The van der Waals surface area contributed by atoms with E-state index < -0.39 is 5.56 Å². The van der Waals surface area contributed by atoms with Crippen molar-refractivity contribution in [3.8, 4) is 11.4 Å². The van der Waals surface area contributed by atoms with Crippen molar-refractivity contribution in [2.24, 2.45) is 0 Å². The summed E-state index contributed by atoms with van der Waals surface area (Å²) in [5.41, 5.74) is 5.57. The Kier molecular flexibility index (Phi) is 2.66. The number of nitrogens with zero attached hydrogens (tertiary/aromatic N) is 2. The average Bonchev–Trinajstić information content (AvgIpc) is 2.25. The van der Waals surface area contributed by atoms with Crippen molar-refractivity contribution in [3.05, 3.63) is 45.2 Å². The molecule has 0 unspecified atom stereocenters. The third-order valence-electron chi connectivity index (χ3n) is 2.01. The lowest BCUT2D eigenvalue weighted by molar-refractivity contribution is 0.471. The van der Waals surface area contributed by atoms with Crippen molar-refractivity contribution in [2.45, 2.75) is 0 Å². The lowest BCUT2D eigenvalue weighted by Crippen LogP contribution is -2.21. The molecule has 5 nitrogen and oxygen atoms in total. The Morgan fingerprint density at radius 2 is 1.94 bits per heavy atom. The van der Waals surface area contributed by atoms with Crippen molar-refractivity contribution in [2.75, 3.05) is 5.73 Å². The summed E-state index contributed by atoms with van der Waals surface area (Å²) in [7, 11) is 0. The molecular weight excluding hydrogens is 274 g/mol. The quantitative estimate of drug-likeness (QED) is 0.825. The Bertz CT molecular complexity index is 578. The molecule has 0 saturated carbocycles. The standard InChI is InChI=1S/C10H8BrN3O2/c11-6-1-3-7(4-2-6)14-9(16)5-8(15)10(12)13-14/h1-5,15H,(H2,12,13). The van der Waals surface area contributed by atoms with Crippen molar-refractivity contribution in [1.82, 2.24) is 9.78 Å². The molecule has 0 aliphatic carbocycles. The van der Waals surface area contributed by atoms with Crippen molar-refractivity contribution in [3.63, 3.8) is 0 Å². The number of hydrogen-bond acceptors (Lipinski definition) is 4. The minimum absolute atomic E-state index is 0.0810. The van der Waals surface area contributed by atoms with Gasteiger partial charge in [-0.2, -0.15) is 4.68 Å². The number of nitrogen functional groups attached to an aromatic ring is 1. The fraction of sp³-hybridized carbons (Fsp3) is 0. The van der Waals surface area contributed by atoms with E-state index in [1.807, 2.05) is 0 Å². The summed E-state index contributed by atoms with van der Waals surface area (Å²) >= 11 is 3.29. The molecule has 0 aliphatic rings. The van der Waals surface area contributed by atoms with Crippen LogP contribution in [-0.4, -0.2) is 14.9 Å². The summed E-state index contributed by atoms with van der Waals surface area (Å²) in [5.74, 6) is -0.388.